The SMILES string of the molecule is CCOC(=O)C1=NN(C(C)=O)C2(CC(=O)N(c3ccccc3)C2=O)C1. The van der Waals surface area contributed by atoms with E-state index in [9.17, 15) is 19.2 Å². The Balaban J connectivity index is 1.98. The predicted molar refractivity (Wildman–Crippen MR) is 87.5 cm³/mol. The molecule has 1 aromatic carbocycles. The Morgan fingerprint density at radius 2 is 1.88 bits per heavy atom. The van der Waals surface area contributed by atoms with Gasteiger partial charge in [0.15, 0.2) is 5.54 Å². The number of benzene rings is 1. The summed E-state index contributed by atoms with van der Waals surface area (Å²) in [6.45, 7) is 3.03. The Bertz CT molecular complexity index is 789. The molecule has 0 saturated carbocycles. The summed E-state index contributed by atoms with van der Waals surface area (Å²) in [4.78, 5) is 50.6. The summed E-state index contributed by atoms with van der Waals surface area (Å²) < 4.78 is 4.91. The molecule has 3 rings (SSSR count). The van der Waals surface area contributed by atoms with Gasteiger partial charge >= 0.3 is 5.97 Å². The molecule has 3 amide bonds. The van der Waals surface area contributed by atoms with Gasteiger partial charge in [0.2, 0.25) is 11.8 Å². The number of amides is 3. The number of carbonyl (C=O) groups excluding carboxylic acids is 4. The molecule has 0 N–H and O–H groups in total. The third kappa shape index (κ3) is 2.59. The minimum atomic E-state index is -1.50. The van der Waals surface area contributed by atoms with Crippen LogP contribution in [0.25, 0.3) is 0 Å². The molecule has 0 aliphatic carbocycles. The van der Waals surface area contributed by atoms with Crippen molar-refractivity contribution in [3.05, 3.63) is 30.3 Å². The number of hydrogen-bond donors (Lipinski definition) is 0. The topological polar surface area (TPSA) is 96.3 Å². The van der Waals surface area contributed by atoms with Crippen molar-refractivity contribution in [3.8, 4) is 0 Å². The molecule has 0 radical (unpaired) electrons. The number of carbonyl (C=O) groups is 4. The smallest absolute Gasteiger partial charge is 0.354 e. The van der Waals surface area contributed by atoms with Gasteiger partial charge in [-0.25, -0.2) is 14.7 Å². The number of hydrazone groups is 1. The lowest BCUT2D eigenvalue weighted by Crippen LogP contribution is -2.51. The predicted octanol–water partition coefficient (Wildman–Crippen LogP) is 0.860. The van der Waals surface area contributed by atoms with Crippen LogP contribution >= 0.6 is 0 Å². The van der Waals surface area contributed by atoms with Gasteiger partial charge < -0.3 is 4.74 Å². The molecule has 25 heavy (non-hydrogen) atoms. The van der Waals surface area contributed by atoms with Crippen molar-refractivity contribution in [2.24, 2.45) is 5.10 Å². The third-order valence-electron chi connectivity index (χ3n) is 4.20. The maximum atomic E-state index is 13.1. The highest BCUT2D eigenvalue weighted by Gasteiger charge is 2.61. The van der Waals surface area contributed by atoms with E-state index in [4.69, 9.17) is 4.74 Å². The highest BCUT2D eigenvalue weighted by molar-refractivity contribution is 6.39. The van der Waals surface area contributed by atoms with Crippen LogP contribution in [-0.2, 0) is 23.9 Å². The number of anilines is 1. The quantitative estimate of drug-likeness (QED) is 0.599. The summed E-state index contributed by atoms with van der Waals surface area (Å²) in [5.74, 6) is -2.22. The van der Waals surface area contributed by atoms with Crippen molar-refractivity contribution >= 4 is 35.1 Å². The molecule has 0 bridgehead atoms. The summed E-state index contributed by atoms with van der Waals surface area (Å²) in [5.41, 5.74) is -1.11. The van der Waals surface area contributed by atoms with Gasteiger partial charge in [0.1, 0.15) is 5.71 Å². The average molecular weight is 343 g/mol. The summed E-state index contributed by atoms with van der Waals surface area (Å²) >= 11 is 0. The standard InChI is InChI=1S/C17H17N3O5/c1-3-25-15(23)13-9-17(20(18-13)11(2)21)10-14(22)19(16(17)24)12-7-5-4-6-8-12/h4-8H,3,9-10H2,1-2H3. The van der Waals surface area contributed by atoms with Gasteiger partial charge in [0.25, 0.3) is 5.91 Å². The van der Waals surface area contributed by atoms with Gasteiger partial charge in [0.05, 0.1) is 18.7 Å². The number of esters is 1. The van der Waals surface area contributed by atoms with Crippen LogP contribution in [0.1, 0.15) is 26.7 Å². The van der Waals surface area contributed by atoms with Crippen molar-refractivity contribution in [2.75, 3.05) is 11.5 Å². The van der Waals surface area contributed by atoms with Crippen LogP contribution in [0.4, 0.5) is 5.69 Å². The summed E-state index contributed by atoms with van der Waals surface area (Å²) in [7, 11) is 0. The van der Waals surface area contributed by atoms with Crippen molar-refractivity contribution in [1.29, 1.82) is 0 Å². The molecule has 1 fully saturated rings. The summed E-state index contributed by atoms with van der Waals surface area (Å²) in [5, 5.41) is 4.93. The number of hydrogen-bond acceptors (Lipinski definition) is 6. The molecule has 8 heteroatoms. The molecular formula is C17H17N3O5. The minimum absolute atomic E-state index is 0.0342. The van der Waals surface area contributed by atoms with Gasteiger partial charge in [-0.2, -0.15) is 5.10 Å². The summed E-state index contributed by atoms with van der Waals surface area (Å²) in [6, 6.07) is 8.45. The normalized spacial score (nSPS) is 22.6. The zero-order chi connectivity index (χ0) is 18.2. The maximum Gasteiger partial charge on any atom is 0.354 e. The fraction of sp³-hybridized carbons (Fsp3) is 0.353. The van der Waals surface area contributed by atoms with E-state index >= 15 is 0 Å². The van der Waals surface area contributed by atoms with Gasteiger partial charge in [-0.3, -0.25) is 14.4 Å². The first kappa shape index (κ1) is 16.8. The zero-order valence-corrected chi connectivity index (χ0v) is 13.9. The molecule has 0 aromatic heterocycles. The highest BCUT2D eigenvalue weighted by Crippen LogP contribution is 2.40. The van der Waals surface area contributed by atoms with Crippen LogP contribution in [0.2, 0.25) is 0 Å². The fourth-order valence-corrected chi connectivity index (χ4v) is 3.17. The summed E-state index contributed by atoms with van der Waals surface area (Å²) in [6.07, 6.45) is -0.369. The lowest BCUT2D eigenvalue weighted by atomic mass is 9.91. The molecule has 1 aromatic rings. The monoisotopic (exact) mass is 343 g/mol. The average Bonchev–Trinajstić information content (AvgIpc) is 3.08. The van der Waals surface area contributed by atoms with E-state index in [-0.39, 0.29) is 25.2 Å². The molecule has 2 aliphatic rings. The number of ether oxygens (including phenoxy) is 1. The Hall–Kier alpha value is -3.03. The van der Waals surface area contributed by atoms with Gasteiger partial charge in [-0.05, 0) is 19.1 Å². The Morgan fingerprint density at radius 3 is 2.48 bits per heavy atom. The van der Waals surface area contributed by atoms with Gasteiger partial charge in [-0.15, -0.1) is 0 Å². The highest BCUT2D eigenvalue weighted by atomic mass is 16.5. The number of nitrogens with zero attached hydrogens (tertiary/aromatic N) is 3. The van der Waals surface area contributed by atoms with Crippen LogP contribution in [0, 0.1) is 0 Å². The Morgan fingerprint density at radius 1 is 1.20 bits per heavy atom. The number of rotatable bonds is 3. The van der Waals surface area contributed by atoms with Crippen molar-refractivity contribution < 1.29 is 23.9 Å². The van der Waals surface area contributed by atoms with E-state index in [1.54, 1.807) is 37.3 Å². The number of para-hydroxylation sites is 1. The lowest BCUT2D eigenvalue weighted by Gasteiger charge is -2.28. The first-order valence-corrected chi connectivity index (χ1v) is 7.88. The molecule has 1 saturated heterocycles. The second-order valence-corrected chi connectivity index (χ2v) is 5.85. The van der Waals surface area contributed by atoms with E-state index in [1.807, 2.05) is 0 Å². The Labute approximate surface area is 144 Å². The second kappa shape index (κ2) is 6.12. The fourth-order valence-electron chi connectivity index (χ4n) is 3.17. The van der Waals surface area contributed by atoms with E-state index in [0.717, 1.165) is 9.91 Å². The molecule has 2 aliphatic heterocycles. The second-order valence-electron chi connectivity index (χ2n) is 5.85. The maximum absolute atomic E-state index is 13.1. The molecular weight excluding hydrogens is 326 g/mol. The van der Waals surface area contributed by atoms with Crippen molar-refractivity contribution in [1.82, 2.24) is 5.01 Å². The van der Waals surface area contributed by atoms with Crippen molar-refractivity contribution in [3.63, 3.8) is 0 Å². The van der Waals surface area contributed by atoms with Crippen LogP contribution in [-0.4, -0.2) is 46.6 Å². The van der Waals surface area contributed by atoms with Crippen molar-refractivity contribution in [2.45, 2.75) is 32.2 Å². The third-order valence-corrected chi connectivity index (χ3v) is 4.20. The minimum Gasteiger partial charge on any atom is -0.461 e. The first-order chi connectivity index (χ1) is 11.9. The van der Waals surface area contributed by atoms with E-state index in [2.05, 4.69) is 5.10 Å². The molecule has 8 nitrogen and oxygen atoms in total. The number of imide groups is 1. The lowest BCUT2D eigenvalue weighted by molar-refractivity contribution is -0.141. The van der Waals surface area contributed by atoms with Crippen LogP contribution in [0.3, 0.4) is 0 Å². The van der Waals surface area contributed by atoms with E-state index in [0.29, 0.717) is 5.69 Å². The van der Waals surface area contributed by atoms with Crippen LogP contribution in [0.15, 0.2) is 35.4 Å². The largest absolute Gasteiger partial charge is 0.461 e. The molecule has 2 heterocycles. The molecule has 1 atom stereocenters. The Kier molecular flexibility index (Phi) is 4.12. The molecule has 130 valence electrons. The van der Waals surface area contributed by atoms with Gasteiger partial charge in [-0.1, -0.05) is 18.2 Å². The van der Waals surface area contributed by atoms with E-state index < -0.39 is 29.2 Å². The van der Waals surface area contributed by atoms with Crippen LogP contribution < -0.4 is 4.90 Å². The molecule has 1 unspecified atom stereocenters. The van der Waals surface area contributed by atoms with E-state index in [1.165, 1.54) is 6.92 Å². The van der Waals surface area contributed by atoms with Gasteiger partial charge in [0, 0.05) is 13.3 Å². The zero-order valence-electron chi connectivity index (χ0n) is 13.9. The molecule has 1 spiro atoms. The first-order valence-electron chi connectivity index (χ1n) is 7.88. The van der Waals surface area contributed by atoms with Crippen LogP contribution in [0.5, 0.6) is 0 Å².